The molecule has 2 fully saturated rings. The first-order chi connectivity index (χ1) is 13.5. The number of nitrogens with zero attached hydrogens (tertiary/aromatic N) is 3. The largest absolute Gasteiger partial charge is 0.274 e. The maximum atomic E-state index is 13.4. The van der Waals surface area contributed by atoms with Gasteiger partial charge in [-0.3, -0.25) is 19.3 Å². The van der Waals surface area contributed by atoms with Crippen LogP contribution >= 0.6 is 0 Å². The minimum atomic E-state index is -0.869. The molecule has 28 heavy (non-hydrogen) atoms. The zero-order valence-electron chi connectivity index (χ0n) is 16.3. The van der Waals surface area contributed by atoms with Crippen LogP contribution in [-0.4, -0.2) is 38.4 Å². The molecule has 4 rings (SSSR count). The van der Waals surface area contributed by atoms with Gasteiger partial charge in [-0.2, -0.15) is 5.10 Å². The Bertz CT molecular complexity index is 894. The van der Waals surface area contributed by atoms with Crippen LogP contribution in [0.4, 0.5) is 0 Å². The number of amides is 2. The number of fused-ring (bicyclic) bond motifs is 1. The average Bonchev–Trinajstić information content (AvgIpc) is 3.17. The summed E-state index contributed by atoms with van der Waals surface area (Å²) < 4.78 is 1.34. The molecule has 2 heterocycles. The van der Waals surface area contributed by atoms with Crippen molar-refractivity contribution in [3.63, 3.8) is 0 Å². The van der Waals surface area contributed by atoms with Crippen molar-refractivity contribution < 1.29 is 14.4 Å². The molecule has 6 nitrogen and oxygen atoms in total. The van der Waals surface area contributed by atoms with Crippen LogP contribution in [0.1, 0.15) is 47.4 Å². The number of carbonyl (C=O) groups is 3. The van der Waals surface area contributed by atoms with Gasteiger partial charge in [0.05, 0.1) is 17.5 Å². The number of imide groups is 1. The fourth-order valence-electron chi connectivity index (χ4n) is 4.61. The number of benzene rings is 1. The molecular weight excluding hydrogens is 354 g/mol. The molecule has 2 amide bonds. The Hall–Kier alpha value is -2.76. The molecule has 3 atom stereocenters. The van der Waals surface area contributed by atoms with Gasteiger partial charge in [-0.05, 0) is 38.3 Å². The van der Waals surface area contributed by atoms with Crippen LogP contribution in [0.25, 0.3) is 0 Å². The third-order valence-corrected chi connectivity index (χ3v) is 5.96. The summed E-state index contributed by atoms with van der Waals surface area (Å²) in [6.45, 7) is 3.63. The molecule has 6 heteroatoms. The molecule has 2 aromatic rings. The second kappa shape index (κ2) is 7.34. The molecule has 0 unspecified atom stereocenters. The highest BCUT2D eigenvalue weighted by atomic mass is 16.2. The Morgan fingerprint density at radius 1 is 1.07 bits per heavy atom. The van der Waals surface area contributed by atoms with Crippen LogP contribution in [-0.2, 0) is 16.0 Å². The predicted molar refractivity (Wildman–Crippen MR) is 104 cm³/mol. The minimum Gasteiger partial charge on any atom is -0.274 e. The molecule has 1 saturated heterocycles. The van der Waals surface area contributed by atoms with Crippen LogP contribution in [0.3, 0.4) is 0 Å². The average molecular weight is 379 g/mol. The number of hydrogen-bond donors (Lipinski definition) is 0. The van der Waals surface area contributed by atoms with Crippen LogP contribution < -0.4 is 0 Å². The van der Waals surface area contributed by atoms with Gasteiger partial charge in [-0.15, -0.1) is 0 Å². The SMILES string of the molecule is Cc1cc(C)n(C(=O)[C@@H](Cc2ccccc2)N2C(=O)[C@H]3CCCC[C@@H]3C2=O)n1. The maximum absolute atomic E-state index is 13.4. The fourth-order valence-corrected chi connectivity index (χ4v) is 4.61. The second-order valence-corrected chi connectivity index (χ2v) is 7.93. The Kier molecular flexibility index (Phi) is 4.87. The highest BCUT2D eigenvalue weighted by molar-refractivity contribution is 6.08. The van der Waals surface area contributed by atoms with Crippen LogP contribution in [0.2, 0.25) is 0 Å². The van der Waals surface area contributed by atoms with E-state index in [9.17, 15) is 14.4 Å². The van der Waals surface area contributed by atoms with Crippen molar-refractivity contribution in [3.8, 4) is 0 Å². The zero-order valence-corrected chi connectivity index (χ0v) is 16.3. The van der Waals surface area contributed by atoms with Gasteiger partial charge in [-0.25, -0.2) is 4.68 Å². The van der Waals surface area contributed by atoms with E-state index in [4.69, 9.17) is 0 Å². The summed E-state index contributed by atoms with van der Waals surface area (Å²) in [6.07, 6.45) is 3.69. The topological polar surface area (TPSA) is 72.3 Å². The van der Waals surface area contributed by atoms with E-state index >= 15 is 0 Å². The lowest BCUT2D eigenvalue weighted by Crippen LogP contribution is -2.49. The highest BCUT2D eigenvalue weighted by Crippen LogP contribution is 2.39. The zero-order chi connectivity index (χ0) is 19.8. The molecular formula is C22H25N3O3. The Labute approximate surface area is 164 Å². The van der Waals surface area contributed by atoms with Crippen LogP contribution in [0.15, 0.2) is 36.4 Å². The van der Waals surface area contributed by atoms with Crippen molar-refractivity contribution in [2.45, 2.75) is 52.0 Å². The summed E-state index contributed by atoms with van der Waals surface area (Å²) in [6, 6.07) is 10.5. The van der Waals surface area contributed by atoms with Gasteiger partial charge in [-0.1, -0.05) is 43.2 Å². The van der Waals surface area contributed by atoms with E-state index in [2.05, 4.69) is 5.10 Å². The standard InChI is InChI=1S/C22H25N3O3/c1-14-12-15(2)25(23-14)22(28)19(13-16-8-4-3-5-9-16)24-20(26)17-10-6-7-11-18(17)21(24)27/h3-5,8-9,12,17-19H,6-7,10-11,13H2,1-2H3/t17-,18-,19+/m0/s1. The van der Waals surface area contributed by atoms with E-state index < -0.39 is 6.04 Å². The Morgan fingerprint density at radius 3 is 2.21 bits per heavy atom. The van der Waals surface area contributed by atoms with Gasteiger partial charge in [0.15, 0.2) is 0 Å². The normalized spacial score (nSPS) is 23.0. The Balaban J connectivity index is 1.72. The van der Waals surface area contributed by atoms with Crippen LogP contribution in [0.5, 0.6) is 0 Å². The van der Waals surface area contributed by atoms with E-state index in [-0.39, 0.29) is 29.6 Å². The lowest BCUT2D eigenvalue weighted by molar-refractivity contribution is -0.141. The monoisotopic (exact) mass is 379 g/mol. The molecule has 146 valence electrons. The number of carbonyl (C=O) groups excluding carboxylic acids is 3. The molecule has 1 saturated carbocycles. The molecule has 1 aliphatic carbocycles. The van der Waals surface area contributed by atoms with Crippen LogP contribution in [0, 0.1) is 25.7 Å². The molecule has 1 aromatic carbocycles. The summed E-state index contributed by atoms with van der Waals surface area (Å²) in [5.74, 6) is -1.24. The Morgan fingerprint density at radius 2 is 1.68 bits per heavy atom. The second-order valence-electron chi connectivity index (χ2n) is 7.93. The van der Waals surface area contributed by atoms with E-state index in [1.807, 2.05) is 50.2 Å². The lowest BCUT2D eigenvalue weighted by atomic mass is 9.81. The first-order valence-corrected chi connectivity index (χ1v) is 9.95. The summed E-state index contributed by atoms with van der Waals surface area (Å²) in [5, 5.41) is 4.30. The van der Waals surface area contributed by atoms with E-state index in [0.29, 0.717) is 12.1 Å². The van der Waals surface area contributed by atoms with E-state index in [1.165, 1.54) is 9.58 Å². The number of aryl methyl sites for hydroxylation is 2. The molecule has 0 radical (unpaired) electrons. The molecule has 0 spiro atoms. The molecule has 0 N–H and O–H groups in total. The van der Waals surface area contributed by atoms with Crippen molar-refractivity contribution in [3.05, 3.63) is 53.3 Å². The van der Waals surface area contributed by atoms with Crippen molar-refractivity contribution in [2.75, 3.05) is 0 Å². The third kappa shape index (κ3) is 3.17. The van der Waals surface area contributed by atoms with Crippen molar-refractivity contribution in [1.82, 2.24) is 14.7 Å². The van der Waals surface area contributed by atoms with Crippen molar-refractivity contribution in [1.29, 1.82) is 0 Å². The number of hydrogen-bond acceptors (Lipinski definition) is 4. The highest BCUT2D eigenvalue weighted by Gasteiger charge is 2.52. The predicted octanol–water partition coefficient (Wildman–Crippen LogP) is 2.93. The maximum Gasteiger partial charge on any atom is 0.270 e. The van der Waals surface area contributed by atoms with Gasteiger partial charge in [0.1, 0.15) is 6.04 Å². The van der Waals surface area contributed by atoms with Gasteiger partial charge in [0.25, 0.3) is 5.91 Å². The van der Waals surface area contributed by atoms with Gasteiger partial charge < -0.3 is 0 Å². The molecule has 1 aromatic heterocycles. The molecule has 1 aliphatic heterocycles. The summed E-state index contributed by atoms with van der Waals surface area (Å²) >= 11 is 0. The quantitative estimate of drug-likeness (QED) is 0.766. The summed E-state index contributed by atoms with van der Waals surface area (Å²) in [7, 11) is 0. The first kappa shape index (κ1) is 18.6. The van der Waals surface area contributed by atoms with Gasteiger partial charge in [0, 0.05) is 12.1 Å². The third-order valence-electron chi connectivity index (χ3n) is 5.96. The van der Waals surface area contributed by atoms with Crippen molar-refractivity contribution >= 4 is 17.7 Å². The van der Waals surface area contributed by atoms with Crippen molar-refractivity contribution in [2.24, 2.45) is 11.8 Å². The summed E-state index contributed by atoms with van der Waals surface area (Å²) in [4.78, 5) is 40.9. The lowest BCUT2D eigenvalue weighted by Gasteiger charge is -2.26. The van der Waals surface area contributed by atoms with Gasteiger partial charge >= 0.3 is 0 Å². The minimum absolute atomic E-state index is 0.189. The number of rotatable bonds is 4. The fraction of sp³-hybridized carbons (Fsp3) is 0.455. The number of aromatic nitrogens is 2. The van der Waals surface area contributed by atoms with E-state index in [0.717, 1.165) is 36.9 Å². The summed E-state index contributed by atoms with van der Waals surface area (Å²) in [5.41, 5.74) is 2.35. The first-order valence-electron chi connectivity index (χ1n) is 9.95. The molecule has 2 aliphatic rings. The number of likely N-dealkylation sites (tertiary alicyclic amines) is 1. The van der Waals surface area contributed by atoms with Gasteiger partial charge in [0.2, 0.25) is 11.8 Å². The van der Waals surface area contributed by atoms with E-state index in [1.54, 1.807) is 0 Å². The smallest absolute Gasteiger partial charge is 0.270 e. The molecule has 0 bridgehead atoms.